The Labute approximate surface area is 179 Å². The van der Waals surface area contributed by atoms with Crippen LogP contribution in [0.3, 0.4) is 0 Å². The van der Waals surface area contributed by atoms with Gasteiger partial charge in [-0.05, 0) is 70.1 Å². The summed E-state index contributed by atoms with van der Waals surface area (Å²) in [5, 5.41) is 3.02. The molecule has 0 atom stereocenters. The van der Waals surface area contributed by atoms with Gasteiger partial charge in [0.2, 0.25) is 5.91 Å². The Bertz CT molecular complexity index is 467. The molecule has 29 heavy (non-hydrogen) atoms. The Morgan fingerprint density at radius 2 is 1.45 bits per heavy atom. The molecule has 2 aliphatic rings. The molecule has 0 radical (unpaired) electrons. The number of likely N-dealkylation sites (tertiary alicyclic amines) is 2. The molecule has 5 nitrogen and oxygen atoms in total. The zero-order valence-corrected chi connectivity index (χ0v) is 19.1. The lowest BCUT2D eigenvalue weighted by atomic mass is 9.87. The monoisotopic (exact) mass is 407 g/mol. The molecule has 0 aliphatic carbocycles. The fraction of sp³-hybridized carbons (Fsp3) is 0.917. The fourth-order valence-corrected chi connectivity index (χ4v) is 4.74. The van der Waals surface area contributed by atoms with Gasteiger partial charge in [-0.25, -0.2) is 0 Å². The first kappa shape index (κ1) is 24.3. The molecule has 2 rings (SSSR count). The van der Waals surface area contributed by atoms with Crippen molar-refractivity contribution in [2.24, 2.45) is 11.8 Å². The Hall–Kier alpha value is -0.940. The zero-order valence-electron chi connectivity index (χ0n) is 19.1. The first-order valence-corrected chi connectivity index (χ1v) is 12.3. The van der Waals surface area contributed by atoms with E-state index in [2.05, 4.69) is 22.0 Å². The summed E-state index contributed by atoms with van der Waals surface area (Å²) >= 11 is 0. The van der Waals surface area contributed by atoms with Gasteiger partial charge in [0.25, 0.3) is 0 Å². The van der Waals surface area contributed by atoms with Crippen LogP contribution in [-0.2, 0) is 9.59 Å². The van der Waals surface area contributed by atoms with Crippen molar-refractivity contribution in [2.75, 3.05) is 45.8 Å². The third kappa shape index (κ3) is 10.1. The topological polar surface area (TPSA) is 52.7 Å². The average molecular weight is 408 g/mol. The standard InChI is InChI=1S/C24H45N3O2/c1-3-5-14-25-24(29)13-19-26-15-9-21(10-16-26)7-6-8-22-11-17-27(18-12-22)20-23(28)4-2/h21-22H,3-20H2,1-2H3,(H,25,29). The van der Waals surface area contributed by atoms with Crippen molar-refractivity contribution in [3.8, 4) is 0 Å². The van der Waals surface area contributed by atoms with Crippen LogP contribution in [0.1, 0.15) is 84.5 Å². The van der Waals surface area contributed by atoms with E-state index in [4.69, 9.17) is 0 Å². The Balaban J connectivity index is 1.48. The molecular formula is C24H45N3O2. The lowest BCUT2D eigenvalue weighted by Gasteiger charge is -2.33. The third-order valence-electron chi connectivity index (χ3n) is 6.94. The molecule has 2 heterocycles. The van der Waals surface area contributed by atoms with E-state index in [0.29, 0.717) is 25.2 Å². The summed E-state index contributed by atoms with van der Waals surface area (Å²) in [5.41, 5.74) is 0. The van der Waals surface area contributed by atoms with Crippen LogP contribution in [0.5, 0.6) is 0 Å². The molecule has 5 heteroatoms. The number of ketones is 1. The van der Waals surface area contributed by atoms with E-state index >= 15 is 0 Å². The molecule has 1 amide bonds. The van der Waals surface area contributed by atoms with Crippen LogP contribution in [0.2, 0.25) is 0 Å². The second-order valence-corrected chi connectivity index (χ2v) is 9.28. The van der Waals surface area contributed by atoms with E-state index < -0.39 is 0 Å². The summed E-state index contributed by atoms with van der Waals surface area (Å²) in [5.74, 6) is 2.35. The second-order valence-electron chi connectivity index (χ2n) is 9.28. The molecule has 0 spiro atoms. The number of nitrogens with one attached hydrogen (secondary N) is 1. The van der Waals surface area contributed by atoms with Crippen LogP contribution >= 0.6 is 0 Å². The van der Waals surface area contributed by atoms with Crippen molar-refractivity contribution in [3.63, 3.8) is 0 Å². The largest absolute Gasteiger partial charge is 0.356 e. The number of carbonyl (C=O) groups is 2. The van der Waals surface area contributed by atoms with Crippen LogP contribution < -0.4 is 5.32 Å². The number of hydrogen-bond donors (Lipinski definition) is 1. The number of unbranched alkanes of at least 4 members (excludes halogenated alkanes) is 1. The predicted molar refractivity (Wildman–Crippen MR) is 120 cm³/mol. The minimum absolute atomic E-state index is 0.214. The number of rotatable bonds is 13. The molecule has 0 bridgehead atoms. The highest BCUT2D eigenvalue weighted by molar-refractivity contribution is 5.80. The molecule has 2 saturated heterocycles. The molecule has 0 aromatic carbocycles. The van der Waals surface area contributed by atoms with Gasteiger partial charge in [0, 0.05) is 25.9 Å². The summed E-state index contributed by atoms with van der Waals surface area (Å²) in [6, 6.07) is 0. The summed E-state index contributed by atoms with van der Waals surface area (Å²) in [4.78, 5) is 28.3. The maximum absolute atomic E-state index is 11.8. The number of nitrogens with zero attached hydrogens (tertiary/aromatic N) is 2. The molecule has 0 aromatic heterocycles. The highest BCUT2D eigenvalue weighted by Gasteiger charge is 2.22. The normalized spacial score (nSPS) is 20.1. The van der Waals surface area contributed by atoms with Crippen LogP contribution in [-0.4, -0.2) is 67.3 Å². The van der Waals surface area contributed by atoms with Gasteiger partial charge in [-0.15, -0.1) is 0 Å². The SMILES string of the molecule is CCCCNC(=O)CCN1CCC(CCCC2CCN(CC(=O)CC)CC2)CC1. The van der Waals surface area contributed by atoms with E-state index in [0.717, 1.165) is 63.9 Å². The quantitative estimate of drug-likeness (QED) is 0.471. The number of carbonyl (C=O) groups excluding carboxylic acids is 2. The van der Waals surface area contributed by atoms with Gasteiger partial charge in [0.1, 0.15) is 5.78 Å². The smallest absolute Gasteiger partial charge is 0.221 e. The second kappa shape index (κ2) is 14.1. The molecule has 0 unspecified atom stereocenters. The number of hydrogen-bond acceptors (Lipinski definition) is 4. The van der Waals surface area contributed by atoms with E-state index in [9.17, 15) is 9.59 Å². The summed E-state index contributed by atoms with van der Waals surface area (Å²) in [6.07, 6.45) is 12.8. The maximum atomic E-state index is 11.8. The van der Waals surface area contributed by atoms with Gasteiger partial charge in [-0.2, -0.15) is 0 Å². The average Bonchev–Trinajstić information content (AvgIpc) is 2.74. The third-order valence-corrected chi connectivity index (χ3v) is 6.94. The van der Waals surface area contributed by atoms with Crippen molar-refractivity contribution in [1.29, 1.82) is 0 Å². The molecule has 2 aliphatic heterocycles. The molecule has 0 saturated carbocycles. The van der Waals surface area contributed by atoms with Crippen LogP contribution in [0.15, 0.2) is 0 Å². The molecule has 0 aromatic rings. The molecule has 1 N–H and O–H groups in total. The Morgan fingerprint density at radius 3 is 2.00 bits per heavy atom. The van der Waals surface area contributed by atoms with Gasteiger partial charge < -0.3 is 10.2 Å². The highest BCUT2D eigenvalue weighted by atomic mass is 16.1. The summed E-state index contributed by atoms with van der Waals surface area (Å²) < 4.78 is 0. The van der Waals surface area contributed by atoms with Crippen molar-refractivity contribution in [3.05, 3.63) is 0 Å². The van der Waals surface area contributed by atoms with Gasteiger partial charge >= 0.3 is 0 Å². The number of amides is 1. The zero-order chi connectivity index (χ0) is 20.9. The summed E-state index contributed by atoms with van der Waals surface area (Å²) in [6.45, 7) is 11.1. The predicted octanol–water partition coefficient (Wildman–Crippen LogP) is 3.87. The molecule has 2 fully saturated rings. The minimum Gasteiger partial charge on any atom is -0.356 e. The first-order valence-electron chi connectivity index (χ1n) is 12.3. The molecule has 168 valence electrons. The minimum atomic E-state index is 0.214. The van der Waals surface area contributed by atoms with Gasteiger partial charge in [0.05, 0.1) is 6.54 Å². The summed E-state index contributed by atoms with van der Waals surface area (Å²) in [7, 11) is 0. The Morgan fingerprint density at radius 1 is 0.862 bits per heavy atom. The highest BCUT2D eigenvalue weighted by Crippen LogP contribution is 2.27. The van der Waals surface area contributed by atoms with Crippen molar-refractivity contribution in [2.45, 2.75) is 84.5 Å². The van der Waals surface area contributed by atoms with Gasteiger partial charge in [-0.3, -0.25) is 14.5 Å². The maximum Gasteiger partial charge on any atom is 0.221 e. The molecular weight excluding hydrogens is 362 g/mol. The van der Waals surface area contributed by atoms with E-state index in [1.165, 1.54) is 44.9 Å². The van der Waals surface area contributed by atoms with Crippen molar-refractivity contribution >= 4 is 11.7 Å². The van der Waals surface area contributed by atoms with Crippen molar-refractivity contribution in [1.82, 2.24) is 15.1 Å². The van der Waals surface area contributed by atoms with Crippen molar-refractivity contribution < 1.29 is 9.59 Å². The van der Waals surface area contributed by atoms with Gasteiger partial charge in [-0.1, -0.05) is 39.5 Å². The number of Topliss-reactive ketones (excluding diaryl/α,β-unsaturated/α-hetero) is 1. The van der Waals surface area contributed by atoms with Crippen LogP contribution in [0, 0.1) is 11.8 Å². The van der Waals surface area contributed by atoms with Gasteiger partial charge in [0.15, 0.2) is 0 Å². The Kier molecular flexibility index (Phi) is 11.9. The van der Waals surface area contributed by atoms with Crippen LogP contribution in [0.25, 0.3) is 0 Å². The van der Waals surface area contributed by atoms with E-state index in [1.807, 2.05) is 6.92 Å². The van der Waals surface area contributed by atoms with E-state index in [1.54, 1.807) is 0 Å². The first-order chi connectivity index (χ1) is 14.1. The fourth-order valence-electron chi connectivity index (χ4n) is 4.74. The van der Waals surface area contributed by atoms with E-state index in [-0.39, 0.29) is 5.91 Å². The number of piperidine rings is 2. The lowest BCUT2D eigenvalue weighted by Crippen LogP contribution is -2.37. The lowest BCUT2D eigenvalue weighted by molar-refractivity contribution is -0.121. The van der Waals surface area contributed by atoms with Crippen LogP contribution in [0.4, 0.5) is 0 Å².